The molecule has 0 bridgehead atoms. The fraction of sp³-hybridized carbons (Fsp3) is 0. The Morgan fingerprint density at radius 1 is 1.04 bits per heavy atom. The van der Waals surface area contributed by atoms with Gasteiger partial charge in [0.25, 0.3) is 0 Å². The third-order valence-electron chi connectivity index (χ3n) is 3.96. The van der Waals surface area contributed by atoms with Crippen molar-refractivity contribution in [1.29, 1.82) is 0 Å². The third-order valence-corrected chi connectivity index (χ3v) is 4.46. The molecule has 2 aromatic carbocycles. The Morgan fingerprint density at radius 2 is 1.81 bits per heavy atom. The van der Waals surface area contributed by atoms with Crippen molar-refractivity contribution < 1.29 is 9.90 Å². The number of phenolic OH excluding ortho intramolecular Hbond substituents is 1. The molecule has 0 aliphatic carbocycles. The van der Waals surface area contributed by atoms with Crippen LogP contribution in [0.15, 0.2) is 61.1 Å². The van der Waals surface area contributed by atoms with E-state index in [0.29, 0.717) is 11.2 Å². The molecule has 1 N–H and O–H groups in total. The molecule has 0 spiro atoms. The fourth-order valence-corrected chi connectivity index (χ4v) is 3.19. The second-order valence-electron chi connectivity index (χ2n) is 5.63. The van der Waals surface area contributed by atoms with E-state index in [0.717, 1.165) is 5.69 Å². The van der Waals surface area contributed by atoms with Gasteiger partial charge >= 0.3 is 0 Å². The number of carbonyl (C=O) groups is 1. The van der Waals surface area contributed by atoms with Gasteiger partial charge in [-0.25, -0.2) is 9.97 Å². The molecule has 26 heavy (non-hydrogen) atoms. The number of aromatic hydroxyl groups is 1. The summed E-state index contributed by atoms with van der Waals surface area (Å²) in [6, 6.07) is 14.0. The van der Waals surface area contributed by atoms with Gasteiger partial charge in [0.2, 0.25) is 0 Å². The van der Waals surface area contributed by atoms with E-state index in [1.165, 1.54) is 18.3 Å². The molecule has 0 unspecified atom stereocenters. The van der Waals surface area contributed by atoms with Crippen LogP contribution in [0.4, 0.5) is 0 Å². The number of aromatic nitrogens is 3. The largest absolute Gasteiger partial charge is 0.506 e. The summed E-state index contributed by atoms with van der Waals surface area (Å²) >= 11 is 11.8. The van der Waals surface area contributed by atoms with E-state index in [1.54, 1.807) is 12.4 Å². The van der Waals surface area contributed by atoms with Crippen molar-refractivity contribution in [2.75, 3.05) is 0 Å². The van der Waals surface area contributed by atoms with Crippen LogP contribution in [0.1, 0.15) is 15.9 Å². The number of phenols is 1. The number of hydrogen-bond donors (Lipinski definition) is 1. The molecule has 128 valence electrons. The minimum absolute atomic E-state index is 0.0169. The summed E-state index contributed by atoms with van der Waals surface area (Å²) in [4.78, 5) is 21.4. The summed E-state index contributed by atoms with van der Waals surface area (Å²) < 4.78 is 1.83. The van der Waals surface area contributed by atoms with E-state index < -0.39 is 5.78 Å². The maximum Gasteiger partial charge on any atom is 0.198 e. The lowest BCUT2D eigenvalue weighted by Gasteiger charge is -2.07. The molecule has 0 aliphatic rings. The zero-order valence-electron chi connectivity index (χ0n) is 13.2. The molecule has 2 heterocycles. The van der Waals surface area contributed by atoms with Gasteiger partial charge in [-0.1, -0.05) is 41.4 Å². The number of ketones is 1. The monoisotopic (exact) mass is 383 g/mol. The van der Waals surface area contributed by atoms with E-state index in [-0.39, 0.29) is 26.9 Å². The van der Waals surface area contributed by atoms with Crippen LogP contribution in [0, 0.1) is 0 Å². The highest BCUT2D eigenvalue weighted by atomic mass is 35.5. The summed E-state index contributed by atoms with van der Waals surface area (Å²) in [5.74, 6) is -0.744. The first-order valence-electron chi connectivity index (χ1n) is 7.66. The van der Waals surface area contributed by atoms with Gasteiger partial charge in [-0.3, -0.25) is 9.36 Å². The summed E-state index contributed by atoms with van der Waals surface area (Å²) in [5, 5.41) is 10.3. The van der Waals surface area contributed by atoms with Crippen molar-refractivity contribution >= 4 is 40.1 Å². The number of hydrogen-bond acceptors (Lipinski definition) is 4. The standard InChI is InChI=1S/C19H11Cl2N3O2/c20-12-7-14(18(26)15(21)8-12)17(25)11-6-16-19(22-9-11)24(10-23-16)13-4-2-1-3-5-13/h1-10,26H. The molecule has 0 aliphatic heterocycles. The predicted molar refractivity (Wildman–Crippen MR) is 100 cm³/mol. The van der Waals surface area contributed by atoms with Gasteiger partial charge in [-0.05, 0) is 30.3 Å². The number of fused-ring (bicyclic) bond motifs is 1. The Morgan fingerprint density at radius 3 is 2.58 bits per heavy atom. The molecule has 4 rings (SSSR count). The van der Waals surface area contributed by atoms with Crippen LogP contribution in [0.2, 0.25) is 10.0 Å². The Balaban J connectivity index is 1.79. The number of imidazole rings is 1. The highest BCUT2D eigenvalue weighted by Gasteiger charge is 2.19. The molecular formula is C19H11Cl2N3O2. The Kier molecular flexibility index (Phi) is 4.11. The molecule has 2 aromatic heterocycles. The van der Waals surface area contributed by atoms with Crippen molar-refractivity contribution in [3.05, 3.63) is 82.2 Å². The van der Waals surface area contributed by atoms with E-state index in [4.69, 9.17) is 23.2 Å². The lowest BCUT2D eigenvalue weighted by atomic mass is 10.0. The number of benzene rings is 2. The topological polar surface area (TPSA) is 68.0 Å². The molecular weight excluding hydrogens is 373 g/mol. The van der Waals surface area contributed by atoms with Crippen LogP contribution >= 0.6 is 23.2 Å². The molecule has 5 nitrogen and oxygen atoms in total. The van der Waals surface area contributed by atoms with Gasteiger partial charge in [0.1, 0.15) is 17.6 Å². The zero-order valence-corrected chi connectivity index (χ0v) is 14.7. The van der Waals surface area contributed by atoms with Gasteiger partial charge < -0.3 is 5.11 Å². The molecule has 0 saturated heterocycles. The summed E-state index contributed by atoms with van der Waals surface area (Å²) in [7, 11) is 0. The van der Waals surface area contributed by atoms with Crippen LogP contribution in [-0.2, 0) is 0 Å². The third kappa shape index (κ3) is 2.81. The van der Waals surface area contributed by atoms with Gasteiger partial charge in [-0.15, -0.1) is 0 Å². The average Bonchev–Trinajstić information content (AvgIpc) is 3.08. The Hall–Kier alpha value is -2.89. The highest BCUT2D eigenvalue weighted by Crippen LogP contribution is 2.32. The van der Waals surface area contributed by atoms with E-state index in [9.17, 15) is 9.90 Å². The van der Waals surface area contributed by atoms with E-state index in [2.05, 4.69) is 9.97 Å². The van der Waals surface area contributed by atoms with Crippen molar-refractivity contribution in [1.82, 2.24) is 14.5 Å². The number of carbonyl (C=O) groups excluding carboxylic acids is 1. The minimum atomic E-state index is -0.435. The van der Waals surface area contributed by atoms with Crippen LogP contribution in [0.3, 0.4) is 0 Å². The first-order chi connectivity index (χ1) is 12.5. The van der Waals surface area contributed by atoms with Gasteiger partial charge in [0, 0.05) is 22.5 Å². The number of rotatable bonds is 3. The molecule has 4 aromatic rings. The lowest BCUT2D eigenvalue weighted by Crippen LogP contribution is -2.03. The normalized spacial score (nSPS) is 11.0. The summed E-state index contributed by atoms with van der Waals surface area (Å²) in [6.45, 7) is 0. The first-order valence-corrected chi connectivity index (χ1v) is 8.41. The Bertz CT molecular complexity index is 1140. The van der Waals surface area contributed by atoms with Gasteiger partial charge in [0.05, 0.1) is 10.6 Å². The van der Waals surface area contributed by atoms with Crippen molar-refractivity contribution in [2.24, 2.45) is 0 Å². The molecule has 0 atom stereocenters. The molecule has 7 heteroatoms. The van der Waals surface area contributed by atoms with Crippen molar-refractivity contribution in [3.8, 4) is 11.4 Å². The molecule has 0 amide bonds. The van der Waals surface area contributed by atoms with Crippen LogP contribution in [0.25, 0.3) is 16.9 Å². The summed E-state index contributed by atoms with van der Waals surface area (Å²) in [6.07, 6.45) is 3.09. The van der Waals surface area contributed by atoms with Crippen molar-refractivity contribution in [2.45, 2.75) is 0 Å². The van der Waals surface area contributed by atoms with Gasteiger partial charge in [-0.2, -0.15) is 0 Å². The van der Waals surface area contributed by atoms with E-state index >= 15 is 0 Å². The number of halogens is 2. The first kappa shape index (κ1) is 16.6. The van der Waals surface area contributed by atoms with Gasteiger partial charge in [0.15, 0.2) is 11.4 Å². The zero-order chi connectivity index (χ0) is 18.3. The fourth-order valence-electron chi connectivity index (χ4n) is 2.70. The second-order valence-corrected chi connectivity index (χ2v) is 6.47. The van der Waals surface area contributed by atoms with E-state index in [1.807, 2.05) is 34.9 Å². The summed E-state index contributed by atoms with van der Waals surface area (Å²) in [5.41, 5.74) is 2.41. The number of pyridine rings is 1. The Labute approximate surface area is 158 Å². The SMILES string of the molecule is O=C(c1cnc2c(c1)ncn2-c1ccccc1)c1cc(Cl)cc(Cl)c1O. The van der Waals surface area contributed by atoms with Crippen LogP contribution in [0.5, 0.6) is 5.75 Å². The molecule has 0 radical (unpaired) electrons. The highest BCUT2D eigenvalue weighted by molar-refractivity contribution is 6.36. The second kappa shape index (κ2) is 6.44. The lowest BCUT2D eigenvalue weighted by molar-refractivity contribution is 0.103. The smallest absolute Gasteiger partial charge is 0.198 e. The predicted octanol–water partition coefficient (Wildman–Crippen LogP) is 4.66. The van der Waals surface area contributed by atoms with Crippen LogP contribution in [-0.4, -0.2) is 25.4 Å². The maximum atomic E-state index is 12.7. The van der Waals surface area contributed by atoms with Crippen LogP contribution < -0.4 is 0 Å². The number of nitrogens with zero attached hydrogens (tertiary/aromatic N) is 3. The van der Waals surface area contributed by atoms with Crippen molar-refractivity contribution in [3.63, 3.8) is 0 Å². The molecule has 0 fully saturated rings. The molecule has 0 saturated carbocycles. The maximum absolute atomic E-state index is 12.7. The number of para-hydroxylation sites is 1. The quantitative estimate of drug-likeness (QED) is 0.522. The minimum Gasteiger partial charge on any atom is -0.506 e. The average molecular weight is 384 g/mol.